The maximum absolute atomic E-state index is 12.9. The maximum atomic E-state index is 12.9. The van der Waals surface area contributed by atoms with E-state index in [9.17, 15) is 4.79 Å². The van der Waals surface area contributed by atoms with Gasteiger partial charge in [-0.25, -0.2) is 4.98 Å². The van der Waals surface area contributed by atoms with Gasteiger partial charge in [0, 0.05) is 25.7 Å². The number of likely N-dealkylation sites (tertiary alicyclic amines) is 1. The molecule has 3 aliphatic rings. The third-order valence-corrected chi connectivity index (χ3v) is 5.90. The van der Waals surface area contributed by atoms with Crippen LogP contribution in [0.4, 0.5) is 0 Å². The Morgan fingerprint density at radius 3 is 2.96 bits per heavy atom. The van der Waals surface area contributed by atoms with Crippen LogP contribution >= 0.6 is 0 Å². The van der Waals surface area contributed by atoms with Crippen LogP contribution in [0.1, 0.15) is 44.9 Å². The lowest BCUT2D eigenvalue weighted by molar-refractivity contribution is -0.135. The highest BCUT2D eigenvalue weighted by Crippen LogP contribution is 2.34. The van der Waals surface area contributed by atoms with Crippen molar-refractivity contribution in [3.63, 3.8) is 0 Å². The van der Waals surface area contributed by atoms with Gasteiger partial charge in [0.25, 0.3) is 0 Å². The van der Waals surface area contributed by atoms with Crippen molar-refractivity contribution in [3.8, 4) is 0 Å². The molecule has 1 aromatic heterocycles. The summed E-state index contributed by atoms with van der Waals surface area (Å²) in [7, 11) is 0. The molecule has 6 nitrogen and oxygen atoms in total. The molecule has 1 N–H and O–H groups in total. The van der Waals surface area contributed by atoms with Crippen molar-refractivity contribution in [2.45, 2.75) is 63.6 Å². The highest BCUT2D eigenvalue weighted by Gasteiger charge is 2.40. The van der Waals surface area contributed by atoms with Crippen LogP contribution in [0.15, 0.2) is 12.7 Å². The smallest absolute Gasteiger partial charge is 0.239 e. The number of carbonyl (C=O) groups is 1. The van der Waals surface area contributed by atoms with Gasteiger partial charge < -0.3 is 10.2 Å². The number of hydrogen-bond acceptors (Lipinski definition) is 4. The molecule has 4 unspecified atom stereocenters. The predicted octanol–water partition coefficient (Wildman–Crippen LogP) is 1.44. The topological polar surface area (TPSA) is 63.1 Å². The van der Waals surface area contributed by atoms with Gasteiger partial charge >= 0.3 is 0 Å². The summed E-state index contributed by atoms with van der Waals surface area (Å²) in [4.78, 5) is 19.0. The molecule has 3 fully saturated rings. The maximum Gasteiger partial charge on any atom is 0.239 e. The summed E-state index contributed by atoms with van der Waals surface area (Å²) >= 11 is 0. The fourth-order valence-electron chi connectivity index (χ4n) is 4.74. The van der Waals surface area contributed by atoms with Gasteiger partial charge in [-0.2, -0.15) is 5.10 Å². The fourth-order valence-corrected chi connectivity index (χ4v) is 4.74. The minimum atomic E-state index is 0.0632. The summed E-state index contributed by atoms with van der Waals surface area (Å²) in [6, 6.07) is 0.654. The zero-order chi connectivity index (χ0) is 15.6. The molecule has 2 aliphatic heterocycles. The number of fused-ring (bicyclic) bond motifs is 1. The third kappa shape index (κ3) is 3.27. The molecule has 0 radical (unpaired) electrons. The number of hydrogen-bond donors (Lipinski definition) is 1. The molecule has 4 rings (SSSR count). The van der Waals surface area contributed by atoms with Gasteiger partial charge in [-0.15, -0.1) is 0 Å². The molecule has 1 aromatic rings. The Morgan fingerprint density at radius 1 is 1.22 bits per heavy atom. The van der Waals surface area contributed by atoms with Crippen LogP contribution in [0.5, 0.6) is 0 Å². The first-order valence-electron chi connectivity index (χ1n) is 9.17. The molecule has 23 heavy (non-hydrogen) atoms. The number of carbonyl (C=O) groups excluding carboxylic acids is 1. The molecule has 1 saturated carbocycles. The molecular weight excluding hydrogens is 290 g/mol. The Labute approximate surface area is 137 Å². The van der Waals surface area contributed by atoms with E-state index in [-0.39, 0.29) is 6.04 Å². The molecule has 6 heteroatoms. The lowest BCUT2D eigenvalue weighted by atomic mass is 9.85. The Bertz CT molecular complexity index is 517. The molecule has 3 heterocycles. The molecule has 0 aromatic carbocycles. The average Bonchev–Trinajstić information content (AvgIpc) is 3.23. The van der Waals surface area contributed by atoms with Gasteiger partial charge in [0.05, 0.1) is 6.04 Å². The van der Waals surface area contributed by atoms with E-state index in [1.165, 1.54) is 32.1 Å². The van der Waals surface area contributed by atoms with E-state index in [1.807, 2.05) is 4.68 Å². The number of nitrogens with zero attached hydrogens (tertiary/aromatic N) is 4. The SMILES string of the molecule is O=C(C1CC2CCCCC2N1)N1CCCC(Cn2cncn2)C1. The minimum Gasteiger partial charge on any atom is -0.341 e. The second kappa shape index (κ2) is 6.59. The Hall–Kier alpha value is -1.43. The molecule has 126 valence electrons. The fraction of sp³-hybridized carbons (Fsp3) is 0.824. The van der Waals surface area contributed by atoms with Gasteiger partial charge in [0.15, 0.2) is 0 Å². The predicted molar refractivity (Wildman–Crippen MR) is 86.6 cm³/mol. The van der Waals surface area contributed by atoms with Gasteiger partial charge in [-0.05, 0) is 43.9 Å². The van der Waals surface area contributed by atoms with E-state index in [4.69, 9.17) is 0 Å². The van der Waals surface area contributed by atoms with E-state index >= 15 is 0 Å². The number of rotatable bonds is 3. The van der Waals surface area contributed by atoms with Crippen molar-refractivity contribution >= 4 is 5.91 Å². The van der Waals surface area contributed by atoms with Crippen molar-refractivity contribution in [3.05, 3.63) is 12.7 Å². The van der Waals surface area contributed by atoms with E-state index in [2.05, 4.69) is 20.3 Å². The molecule has 2 saturated heterocycles. The van der Waals surface area contributed by atoms with Crippen molar-refractivity contribution in [1.82, 2.24) is 25.0 Å². The first kappa shape index (κ1) is 15.1. The summed E-state index contributed by atoms with van der Waals surface area (Å²) in [6.45, 7) is 2.65. The molecular formula is C17H27N5O. The van der Waals surface area contributed by atoms with E-state index in [0.29, 0.717) is 17.9 Å². The third-order valence-electron chi connectivity index (χ3n) is 5.90. The quantitative estimate of drug-likeness (QED) is 0.916. The Kier molecular flexibility index (Phi) is 4.33. The average molecular weight is 317 g/mol. The summed E-state index contributed by atoms with van der Waals surface area (Å²) in [6.07, 6.45) is 11.9. The van der Waals surface area contributed by atoms with Crippen LogP contribution in [0.25, 0.3) is 0 Å². The summed E-state index contributed by atoms with van der Waals surface area (Å²) in [5, 5.41) is 7.83. The number of nitrogens with one attached hydrogen (secondary N) is 1. The lowest BCUT2D eigenvalue weighted by Crippen LogP contribution is -2.49. The first-order chi connectivity index (χ1) is 11.3. The summed E-state index contributed by atoms with van der Waals surface area (Å²) in [5.41, 5.74) is 0. The lowest BCUT2D eigenvalue weighted by Gasteiger charge is -2.34. The Morgan fingerprint density at radius 2 is 2.13 bits per heavy atom. The van der Waals surface area contributed by atoms with Crippen LogP contribution in [0.3, 0.4) is 0 Å². The van der Waals surface area contributed by atoms with Gasteiger partial charge in [-0.1, -0.05) is 12.8 Å². The van der Waals surface area contributed by atoms with Crippen molar-refractivity contribution in [2.75, 3.05) is 13.1 Å². The van der Waals surface area contributed by atoms with Crippen LogP contribution < -0.4 is 5.32 Å². The Balaban J connectivity index is 1.34. The van der Waals surface area contributed by atoms with E-state index in [0.717, 1.165) is 38.4 Å². The van der Waals surface area contributed by atoms with Crippen molar-refractivity contribution < 1.29 is 4.79 Å². The standard InChI is InChI=1S/C17H27N5O/c23-17(16-8-14-5-1-2-6-15(14)20-16)21-7-3-4-13(9-21)10-22-12-18-11-19-22/h11-16,20H,1-10H2. The second-order valence-corrected chi connectivity index (χ2v) is 7.52. The first-order valence-corrected chi connectivity index (χ1v) is 9.17. The molecule has 1 aliphatic carbocycles. The van der Waals surface area contributed by atoms with Crippen molar-refractivity contribution in [2.24, 2.45) is 11.8 Å². The van der Waals surface area contributed by atoms with Crippen LogP contribution in [0.2, 0.25) is 0 Å². The number of piperidine rings is 1. The normalized spacial score (nSPS) is 34.3. The van der Waals surface area contributed by atoms with Gasteiger partial charge in [0.2, 0.25) is 5.91 Å². The molecule has 0 spiro atoms. The minimum absolute atomic E-state index is 0.0632. The molecule has 1 amide bonds. The highest BCUT2D eigenvalue weighted by molar-refractivity contribution is 5.82. The number of amides is 1. The van der Waals surface area contributed by atoms with Crippen LogP contribution in [-0.4, -0.2) is 50.7 Å². The zero-order valence-electron chi connectivity index (χ0n) is 13.7. The molecule has 0 bridgehead atoms. The number of aromatic nitrogens is 3. The summed E-state index contributed by atoms with van der Waals surface area (Å²) in [5.74, 6) is 1.56. The van der Waals surface area contributed by atoms with Gasteiger partial charge in [0.1, 0.15) is 12.7 Å². The zero-order valence-corrected chi connectivity index (χ0v) is 13.7. The van der Waals surface area contributed by atoms with Crippen molar-refractivity contribution in [1.29, 1.82) is 0 Å². The van der Waals surface area contributed by atoms with E-state index < -0.39 is 0 Å². The summed E-state index contributed by atoms with van der Waals surface area (Å²) < 4.78 is 1.89. The molecule has 4 atom stereocenters. The second-order valence-electron chi connectivity index (χ2n) is 7.52. The highest BCUT2D eigenvalue weighted by atomic mass is 16.2. The largest absolute Gasteiger partial charge is 0.341 e. The van der Waals surface area contributed by atoms with E-state index in [1.54, 1.807) is 12.7 Å². The van der Waals surface area contributed by atoms with Gasteiger partial charge in [-0.3, -0.25) is 9.48 Å². The van der Waals surface area contributed by atoms with Crippen LogP contribution in [0, 0.1) is 11.8 Å². The monoisotopic (exact) mass is 317 g/mol. The van der Waals surface area contributed by atoms with Crippen LogP contribution in [-0.2, 0) is 11.3 Å².